The summed E-state index contributed by atoms with van der Waals surface area (Å²) in [6.45, 7) is 8.40. The first-order valence-electron chi connectivity index (χ1n) is 8.26. The van der Waals surface area contributed by atoms with Gasteiger partial charge in [-0.05, 0) is 33.3 Å². The number of aromatic nitrogens is 5. The zero-order valence-corrected chi connectivity index (χ0v) is 14.6. The lowest BCUT2D eigenvalue weighted by Gasteiger charge is -2.11. The van der Waals surface area contributed by atoms with Gasteiger partial charge in [-0.25, -0.2) is 9.67 Å². The minimum Gasteiger partial charge on any atom is -0.272 e. The van der Waals surface area contributed by atoms with Crippen LogP contribution in [0.2, 0.25) is 0 Å². The molecule has 8 heteroatoms. The molecule has 3 aromatic heterocycles. The first kappa shape index (κ1) is 17.4. The zero-order valence-electron chi connectivity index (χ0n) is 14.6. The lowest BCUT2D eigenvalue weighted by molar-refractivity contribution is -0.136. The van der Waals surface area contributed by atoms with Gasteiger partial charge in [-0.15, -0.1) is 0 Å². The fourth-order valence-electron chi connectivity index (χ4n) is 3.01. The van der Waals surface area contributed by atoms with Crippen LogP contribution < -0.4 is 0 Å². The van der Waals surface area contributed by atoms with E-state index in [1.54, 1.807) is 29.4 Å². The molecule has 0 fully saturated rings. The molecule has 0 aliphatic carbocycles. The van der Waals surface area contributed by atoms with Crippen molar-refractivity contribution in [2.45, 2.75) is 53.4 Å². The summed E-state index contributed by atoms with van der Waals surface area (Å²) in [5.41, 5.74) is 1.45. The van der Waals surface area contributed by atoms with E-state index in [4.69, 9.17) is 0 Å². The second-order valence-electron chi connectivity index (χ2n) is 6.04. The Morgan fingerprint density at radius 1 is 1.08 bits per heavy atom. The summed E-state index contributed by atoms with van der Waals surface area (Å²) in [6.07, 6.45) is -1.98. The molecule has 25 heavy (non-hydrogen) atoms. The summed E-state index contributed by atoms with van der Waals surface area (Å²) >= 11 is 0. The fraction of sp³-hybridized carbons (Fsp3) is 0.471. The second kappa shape index (κ2) is 6.16. The Kier molecular flexibility index (Phi) is 4.30. The van der Waals surface area contributed by atoms with Crippen molar-refractivity contribution >= 4 is 11.0 Å². The van der Waals surface area contributed by atoms with Crippen molar-refractivity contribution in [3.05, 3.63) is 29.2 Å². The maximum atomic E-state index is 13.7. The molecule has 0 aliphatic rings. The van der Waals surface area contributed by atoms with Crippen molar-refractivity contribution in [2.75, 3.05) is 0 Å². The molecule has 0 bridgehead atoms. The van der Waals surface area contributed by atoms with Gasteiger partial charge in [0.05, 0.1) is 28.0 Å². The lowest BCUT2D eigenvalue weighted by atomic mass is 10.1. The molecule has 134 valence electrons. The first-order chi connectivity index (χ1) is 11.8. The lowest BCUT2D eigenvalue weighted by Crippen LogP contribution is -2.08. The van der Waals surface area contributed by atoms with Crippen LogP contribution in [0.4, 0.5) is 13.2 Å². The first-order valence-corrected chi connectivity index (χ1v) is 8.26. The van der Waals surface area contributed by atoms with Gasteiger partial charge in [0.1, 0.15) is 0 Å². The smallest absolute Gasteiger partial charge is 0.272 e. The quantitative estimate of drug-likeness (QED) is 0.702. The van der Waals surface area contributed by atoms with Gasteiger partial charge in [0.15, 0.2) is 5.65 Å². The highest BCUT2D eigenvalue weighted by Gasteiger charge is 2.35. The molecule has 0 radical (unpaired) electrons. The largest absolute Gasteiger partial charge is 0.417 e. The van der Waals surface area contributed by atoms with Crippen LogP contribution in [0.1, 0.15) is 37.2 Å². The number of alkyl halides is 3. The van der Waals surface area contributed by atoms with Crippen LogP contribution in [0.3, 0.4) is 0 Å². The Bertz CT molecular complexity index is 921. The fourth-order valence-corrected chi connectivity index (χ4v) is 3.01. The molecule has 0 aromatic carbocycles. The maximum Gasteiger partial charge on any atom is 0.417 e. The van der Waals surface area contributed by atoms with E-state index >= 15 is 0 Å². The number of hydrogen-bond acceptors (Lipinski definition) is 3. The van der Waals surface area contributed by atoms with Crippen LogP contribution in [-0.2, 0) is 19.3 Å². The Labute approximate surface area is 143 Å². The molecule has 0 unspecified atom stereocenters. The highest BCUT2D eigenvalue weighted by Crippen LogP contribution is 2.38. The van der Waals surface area contributed by atoms with Crippen LogP contribution in [0.5, 0.6) is 0 Å². The normalized spacial score (nSPS) is 12.3. The van der Waals surface area contributed by atoms with E-state index in [0.717, 1.165) is 12.5 Å². The van der Waals surface area contributed by atoms with Crippen molar-refractivity contribution in [3.63, 3.8) is 0 Å². The number of pyridine rings is 1. The average molecular weight is 351 g/mol. The predicted molar refractivity (Wildman–Crippen MR) is 89.2 cm³/mol. The maximum absolute atomic E-state index is 13.7. The molecule has 3 aromatic rings. The molecule has 0 aliphatic heterocycles. The topological polar surface area (TPSA) is 48.5 Å². The molecular formula is C17H20F3N5. The molecule has 5 nitrogen and oxygen atoms in total. The van der Waals surface area contributed by atoms with Gasteiger partial charge in [-0.3, -0.25) is 4.68 Å². The summed E-state index contributed by atoms with van der Waals surface area (Å²) in [6, 6.07) is 1.11. The minimum atomic E-state index is -4.48. The third-order valence-corrected chi connectivity index (χ3v) is 4.16. The van der Waals surface area contributed by atoms with Crippen molar-refractivity contribution in [2.24, 2.45) is 0 Å². The Morgan fingerprint density at radius 3 is 2.36 bits per heavy atom. The summed E-state index contributed by atoms with van der Waals surface area (Å²) in [5.74, 6) is 0. The number of nitrogens with zero attached hydrogens (tertiary/aromatic N) is 5. The van der Waals surface area contributed by atoms with Crippen LogP contribution in [-0.4, -0.2) is 24.5 Å². The number of rotatable bonds is 4. The van der Waals surface area contributed by atoms with Crippen molar-refractivity contribution in [3.8, 4) is 11.3 Å². The molecule has 3 rings (SSSR count). The van der Waals surface area contributed by atoms with Crippen molar-refractivity contribution in [1.82, 2.24) is 24.5 Å². The number of aryl methyl sites for hydroxylation is 4. The van der Waals surface area contributed by atoms with Gasteiger partial charge in [0.25, 0.3) is 0 Å². The summed E-state index contributed by atoms with van der Waals surface area (Å²) in [4.78, 5) is 4.51. The number of halogens is 3. The Hall–Kier alpha value is -2.38. The molecule has 0 atom stereocenters. The second-order valence-corrected chi connectivity index (χ2v) is 6.04. The van der Waals surface area contributed by atoms with E-state index in [9.17, 15) is 13.2 Å². The summed E-state index contributed by atoms with van der Waals surface area (Å²) < 4.78 is 44.3. The van der Waals surface area contributed by atoms with Gasteiger partial charge < -0.3 is 0 Å². The van der Waals surface area contributed by atoms with Crippen molar-refractivity contribution in [1.29, 1.82) is 0 Å². The van der Waals surface area contributed by atoms with E-state index in [1.807, 2.05) is 13.8 Å². The van der Waals surface area contributed by atoms with Gasteiger partial charge in [-0.1, -0.05) is 6.92 Å². The van der Waals surface area contributed by atoms with Crippen LogP contribution in [0.25, 0.3) is 22.3 Å². The zero-order chi connectivity index (χ0) is 18.4. The highest BCUT2D eigenvalue weighted by atomic mass is 19.4. The Balaban J connectivity index is 2.33. The third-order valence-electron chi connectivity index (χ3n) is 4.16. The van der Waals surface area contributed by atoms with Crippen molar-refractivity contribution < 1.29 is 13.2 Å². The van der Waals surface area contributed by atoms with E-state index < -0.39 is 11.7 Å². The molecule has 0 N–H and O–H groups in total. The monoisotopic (exact) mass is 351 g/mol. The SMILES string of the molecule is CCCn1nc(C)c2c(C(F)(F)F)cc(-c3cn(CC)nc3C)nc21. The standard InChI is InChI=1S/C17H20F3N5/c1-5-7-25-16-15(11(4)23-25)13(17(18,19)20)8-14(21-16)12-9-24(6-2)22-10(12)3/h8-9H,5-7H2,1-4H3. The molecule has 0 saturated heterocycles. The molecule has 0 amide bonds. The minimum absolute atomic E-state index is 0.0743. The molecule has 3 heterocycles. The van der Waals surface area contributed by atoms with Crippen LogP contribution in [0.15, 0.2) is 12.3 Å². The van der Waals surface area contributed by atoms with Crippen LogP contribution in [0, 0.1) is 13.8 Å². The molecule has 0 saturated carbocycles. The average Bonchev–Trinajstić information content (AvgIpc) is 3.07. The van der Waals surface area contributed by atoms with Crippen LogP contribution >= 0.6 is 0 Å². The number of fused-ring (bicyclic) bond motifs is 1. The Morgan fingerprint density at radius 2 is 1.80 bits per heavy atom. The van der Waals surface area contributed by atoms with E-state index in [-0.39, 0.29) is 16.7 Å². The highest BCUT2D eigenvalue weighted by molar-refractivity contribution is 5.86. The summed E-state index contributed by atoms with van der Waals surface area (Å²) in [7, 11) is 0. The van der Waals surface area contributed by atoms with Gasteiger partial charge in [0.2, 0.25) is 0 Å². The van der Waals surface area contributed by atoms with E-state index in [1.165, 1.54) is 0 Å². The predicted octanol–water partition coefficient (Wildman–Crippen LogP) is 4.36. The van der Waals surface area contributed by atoms with Gasteiger partial charge >= 0.3 is 6.18 Å². The van der Waals surface area contributed by atoms with E-state index in [0.29, 0.717) is 30.0 Å². The molecular weight excluding hydrogens is 331 g/mol. The molecule has 0 spiro atoms. The third kappa shape index (κ3) is 3.01. The van der Waals surface area contributed by atoms with Gasteiger partial charge in [0, 0.05) is 24.8 Å². The number of hydrogen-bond donors (Lipinski definition) is 0. The van der Waals surface area contributed by atoms with E-state index in [2.05, 4.69) is 15.2 Å². The summed E-state index contributed by atoms with van der Waals surface area (Å²) in [5, 5.41) is 8.65. The van der Waals surface area contributed by atoms with Gasteiger partial charge in [-0.2, -0.15) is 23.4 Å².